The maximum Gasteiger partial charge on any atom is 0.263 e. The molecule has 3 rings (SSSR count). The standard InChI is InChI=1S/C16H16N2O3S2/c1-10-3-5-12(6-4-10)16-17-11(2)14(22-16)15(19)18-13-7-8-23(20,21)9-13/h3-8,13H,9H2,1-2H3,(H,18,19)/t13-/m0/s1. The number of carbonyl (C=O) groups excluding carboxylic acids is 1. The summed E-state index contributed by atoms with van der Waals surface area (Å²) in [4.78, 5) is 17.3. The van der Waals surface area contributed by atoms with Crippen LogP contribution >= 0.6 is 11.3 Å². The van der Waals surface area contributed by atoms with Crippen LogP contribution in [0.3, 0.4) is 0 Å². The van der Waals surface area contributed by atoms with E-state index in [0.717, 1.165) is 21.5 Å². The van der Waals surface area contributed by atoms with E-state index in [-0.39, 0.29) is 11.7 Å². The molecule has 1 aromatic heterocycles. The molecule has 120 valence electrons. The zero-order valence-electron chi connectivity index (χ0n) is 12.7. The number of carbonyl (C=O) groups is 1. The molecule has 1 N–H and O–H groups in total. The lowest BCUT2D eigenvalue weighted by atomic mass is 10.2. The Morgan fingerprint density at radius 1 is 1.26 bits per heavy atom. The van der Waals surface area contributed by atoms with Crippen molar-refractivity contribution < 1.29 is 13.2 Å². The van der Waals surface area contributed by atoms with Crippen LogP contribution in [0.15, 0.2) is 35.7 Å². The Morgan fingerprint density at radius 3 is 2.57 bits per heavy atom. The molecule has 23 heavy (non-hydrogen) atoms. The molecule has 7 heteroatoms. The first-order chi connectivity index (χ1) is 10.8. The minimum Gasteiger partial charge on any atom is -0.344 e. The van der Waals surface area contributed by atoms with Crippen LogP contribution in [0, 0.1) is 13.8 Å². The highest BCUT2D eigenvalue weighted by molar-refractivity contribution is 7.94. The average Bonchev–Trinajstić information content (AvgIpc) is 3.02. The third-order valence-corrected chi connectivity index (χ3v) is 6.15. The fourth-order valence-electron chi connectivity index (χ4n) is 2.33. The van der Waals surface area contributed by atoms with Crippen LogP contribution in [0.25, 0.3) is 10.6 Å². The van der Waals surface area contributed by atoms with Crippen LogP contribution in [0.1, 0.15) is 20.9 Å². The molecule has 0 saturated carbocycles. The number of benzene rings is 1. The number of amides is 1. The molecule has 2 aromatic rings. The molecular formula is C16H16N2O3S2. The van der Waals surface area contributed by atoms with E-state index in [2.05, 4.69) is 10.3 Å². The van der Waals surface area contributed by atoms with Crippen LogP contribution in [0.4, 0.5) is 0 Å². The van der Waals surface area contributed by atoms with E-state index in [4.69, 9.17) is 0 Å². The minimum atomic E-state index is -3.18. The lowest BCUT2D eigenvalue weighted by Gasteiger charge is -2.08. The molecule has 0 spiro atoms. The fourth-order valence-corrected chi connectivity index (χ4v) is 4.54. The van der Waals surface area contributed by atoms with Crippen LogP contribution in [0.2, 0.25) is 0 Å². The molecule has 1 aromatic carbocycles. The van der Waals surface area contributed by atoms with E-state index >= 15 is 0 Å². The largest absolute Gasteiger partial charge is 0.344 e. The number of hydrogen-bond donors (Lipinski definition) is 1. The van der Waals surface area contributed by atoms with Crippen molar-refractivity contribution in [3.05, 3.63) is 51.9 Å². The van der Waals surface area contributed by atoms with Gasteiger partial charge in [-0.15, -0.1) is 11.3 Å². The van der Waals surface area contributed by atoms with Crippen molar-refractivity contribution in [2.75, 3.05) is 5.75 Å². The van der Waals surface area contributed by atoms with Gasteiger partial charge in [0, 0.05) is 11.0 Å². The molecule has 0 bridgehead atoms. The molecule has 2 heterocycles. The zero-order valence-corrected chi connectivity index (χ0v) is 14.4. The fraction of sp³-hybridized carbons (Fsp3) is 0.250. The molecule has 0 saturated heterocycles. The van der Waals surface area contributed by atoms with Gasteiger partial charge in [-0.3, -0.25) is 4.79 Å². The number of nitrogens with one attached hydrogen (secondary N) is 1. The number of rotatable bonds is 3. The van der Waals surface area contributed by atoms with Crippen molar-refractivity contribution in [2.45, 2.75) is 19.9 Å². The first-order valence-corrected chi connectivity index (χ1v) is 9.63. The highest BCUT2D eigenvalue weighted by Crippen LogP contribution is 2.28. The van der Waals surface area contributed by atoms with Crippen LogP contribution in [-0.2, 0) is 9.84 Å². The summed E-state index contributed by atoms with van der Waals surface area (Å²) in [5.41, 5.74) is 2.77. The van der Waals surface area contributed by atoms with Gasteiger partial charge in [0.1, 0.15) is 9.88 Å². The van der Waals surface area contributed by atoms with Gasteiger partial charge < -0.3 is 5.32 Å². The molecule has 0 fully saturated rings. The van der Waals surface area contributed by atoms with Crippen molar-refractivity contribution in [1.82, 2.24) is 10.3 Å². The Bertz CT molecular complexity index is 881. The molecular weight excluding hydrogens is 332 g/mol. The summed E-state index contributed by atoms with van der Waals surface area (Å²) in [6.07, 6.45) is 1.50. The lowest BCUT2D eigenvalue weighted by Crippen LogP contribution is -2.35. The van der Waals surface area contributed by atoms with Crippen molar-refractivity contribution >= 4 is 27.1 Å². The van der Waals surface area contributed by atoms with Gasteiger partial charge in [0.25, 0.3) is 5.91 Å². The van der Waals surface area contributed by atoms with Crippen molar-refractivity contribution in [3.8, 4) is 10.6 Å². The summed E-state index contributed by atoms with van der Waals surface area (Å²) in [5, 5.41) is 4.66. The summed E-state index contributed by atoms with van der Waals surface area (Å²) in [6, 6.07) is 7.47. The predicted octanol–water partition coefficient (Wildman–Crippen LogP) is 2.47. The van der Waals surface area contributed by atoms with Gasteiger partial charge >= 0.3 is 0 Å². The maximum absolute atomic E-state index is 12.4. The number of hydrogen-bond acceptors (Lipinski definition) is 5. The number of sulfone groups is 1. The quantitative estimate of drug-likeness (QED) is 0.924. The normalized spacial score (nSPS) is 19.0. The molecule has 0 unspecified atom stereocenters. The minimum absolute atomic E-state index is 0.0819. The van der Waals surface area contributed by atoms with Gasteiger partial charge in [-0.1, -0.05) is 29.8 Å². The van der Waals surface area contributed by atoms with Gasteiger partial charge in [-0.25, -0.2) is 13.4 Å². The zero-order chi connectivity index (χ0) is 16.6. The summed E-state index contributed by atoms with van der Waals surface area (Å²) in [6.45, 7) is 3.79. The van der Waals surface area contributed by atoms with Gasteiger partial charge in [0.15, 0.2) is 9.84 Å². The smallest absolute Gasteiger partial charge is 0.263 e. The second-order valence-corrected chi connectivity index (χ2v) is 8.47. The molecule has 1 amide bonds. The van der Waals surface area contributed by atoms with E-state index in [1.54, 1.807) is 6.92 Å². The first kappa shape index (κ1) is 15.9. The number of aryl methyl sites for hydroxylation is 2. The highest BCUT2D eigenvalue weighted by atomic mass is 32.2. The third-order valence-electron chi connectivity index (χ3n) is 3.55. The van der Waals surface area contributed by atoms with Crippen molar-refractivity contribution in [1.29, 1.82) is 0 Å². The van der Waals surface area contributed by atoms with Gasteiger partial charge in [0.2, 0.25) is 0 Å². The second kappa shape index (κ2) is 5.90. The highest BCUT2D eigenvalue weighted by Gasteiger charge is 2.25. The third kappa shape index (κ3) is 3.51. The average molecular weight is 348 g/mol. The molecule has 1 aliphatic heterocycles. The molecule has 0 aliphatic carbocycles. The summed E-state index contributed by atoms with van der Waals surface area (Å²) in [5.74, 6) is -0.369. The van der Waals surface area contributed by atoms with Gasteiger partial charge in [-0.05, 0) is 19.9 Å². The summed E-state index contributed by atoms with van der Waals surface area (Å²) >= 11 is 1.31. The maximum atomic E-state index is 12.4. The first-order valence-electron chi connectivity index (χ1n) is 7.10. The molecule has 1 aliphatic rings. The topological polar surface area (TPSA) is 76.1 Å². The van der Waals surface area contributed by atoms with E-state index in [0.29, 0.717) is 10.6 Å². The van der Waals surface area contributed by atoms with E-state index < -0.39 is 15.9 Å². The second-order valence-electron chi connectivity index (χ2n) is 5.54. The number of nitrogens with zero attached hydrogens (tertiary/aromatic N) is 1. The molecule has 5 nitrogen and oxygen atoms in total. The van der Waals surface area contributed by atoms with Gasteiger partial charge in [-0.2, -0.15) is 0 Å². The lowest BCUT2D eigenvalue weighted by molar-refractivity contribution is 0.0951. The Morgan fingerprint density at radius 2 is 1.96 bits per heavy atom. The summed E-state index contributed by atoms with van der Waals surface area (Å²) < 4.78 is 22.8. The van der Waals surface area contributed by atoms with E-state index in [9.17, 15) is 13.2 Å². The van der Waals surface area contributed by atoms with Crippen LogP contribution < -0.4 is 5.32 Å². The predicted molar refractivity (Wildman–Crippen MR) is 91.2 cm³/mol. The van der Waals surface area contributed by atoms with Crippen LogP contribution in [0.5, 0.6) is 0 Å². The van der Waals surface area contributed by atoms with Gasteiger partial charge in [0.05, 0.1) is 17.5 Å². The van der Waals surface area contributed by atoms with Crippen LogP contribution in [-0.4, -0.2) is 31.1 Å². The van der Waals surface area contributed by atoms with Crippen molar-refractivity contribution in [2.24, 2.45) is 0 Å². The molecule has 0 radical (unpaired) electrons. The monoisotopic (exact) mass is 348 g/mol. The van der Waals surface area contributed by atoms with E-state index in [1.807, 2.05) is 31.2 Å². The summed E-state index contributed by atoms with van der Waals surface area (Å²) in [7, 11) is -3.18. The Kier molecular flexibility index (Phi) is 4.08. The Balaban J connectivity index is 1.79. The number of thiazole rings is 1. The SMILES string of the molecule is Cc1ccc(-c2nc(C)c(C(=O)N[C@H]3C=CS(=O)(=O)C3)s2)cc1. The Labute approximate surface area is 139 Å². The number of aromatic nitrogens is 1. The Hall–Kier alpha value is -1.99. The molecule has 1 atom stereocenters. The van der Waals surface area contributed by atoms with Crippen molar-refractivity contribution in [3.63, 3.8) is 0 Å². The van der Waals surface area contributed by atoms with E-state index in [1.165, 1.54) is 17.4 Å².